The molecule has 2 atom stereocenters. The zero-order valence-electron chi connectivity index (χ0n) is 11.4. The predicted octanol–water partition coefficient (Wildman–Crippen LogP) is 2.11. The molecule has 2 rings (SSSR count). The van der Waals surface area contributed by atoms with Gasteiger partial charge in [-0.25, -0.2) is 4.39 Å². The first-order valence-electron chi connectivity index (χ1n) is 6.63. The monoisotopic (exact) mass is 285 g/mol. The molecule has 0 aromatic heterocycles. The summed E-state index contributed by atoms with van der Waals surface area (Å²) in [7, 11) is 2.10. The normalized spacial score (nSPS) is 23.5. The van der Waals surface area contributed by atoms with Crippen LogP contribution in [-0.2, 0) is 0 Å². The third-order valence-corrected chi connectivity index (χ3v) is 4.14. The van der Waals surface area contributed by atoms with Crippen LogP contribution in [0.2, 0.25) is 5.02 Å². The van der Waals surface area contributed by atoms with Gasteiger partial charge in [0.15, 0.2) is 0 Å². The van der Waals surface area contributed by atoms with Crippen LogP contribution in [0, 0.1) is 5.82 Å². The molecular formula is C14H21ClFN3. The molecule has 1 aromatic carbocycles. The molecule has 1 fully saturated rings. The van der Waals surface area contributed by atoms with E-state index in [2.05, 4.69) is 23.8 Å². The Morgan fingerprint density at radius 1 is 1.47 bits per heavy atom. The van der Waals surface area contributed by atoms with E-state index in [1.807, 2.05) is 0 Å². The highest BCUT2D eigenvalue weighted by Crippen LogP contribution is 2.29. The van der Waals surface area contributed by atoms with E-state index < -0.39 is 0 Å². The van der Waals surface area contributed by atoms with Crippen molar-refractivity contribution >= 4 is 11.6 Å². The summed E-state index contributed by atoms with van der Waals surface area (Å²) in [4.78, 5) is 4.55. The van der Waals surface area contributed by atoms with E-state index in [4.69, 9.17) is 17.3 Å². The summed E-state index contributed by atoms with van der Waals surface area (Å²) >= 11 is 5.87. The molecule has 1 aromatic rings. The first-order valence-corrected chi connectivity index (χ1v) is 7.00. The first-order chi connectivity index (χ1) is 9.04. The maximum absolute atomic E-state index is 14.2. The molecule has 3 nitrogen and oxygen atoms in total. The second-order valence-corrected chi connectivity index (χ2v) is 5.65. The molecule has 0 spiro atoms. The average molecular weight is 286 g/mol. The first kappa shape index (κ1) is 14.7. The maximum Gasteiger partial charge on any atom is 0.146 e. The highest BCUT2D eigenvalue weighted by atomic mass is 35.5. The van der Waals surface area contributed by atoms with Crippen LogP contribution < -0.4 is 5.73 Å². The molecule has 106 valence electrons. The van der Waals surface area contributed by atoms with Gasteiger partial charge in [-0.1, -0.05) is 23.7 Å². The Morgan fingerprint density at radius 2 is 2.21 bits per heavy atom. The molecular weight excluding hydrogens is 265 g/mol. The van der Waals surface area contributed by atoms with Crippen LogP contribution in [0.5, 0.6) is 0 Å². The molecule has 0 bridgehead atoms. The minimum Gasteiger partial charge on any atom is -0.329 e. The van der Waals surface area contributed by atoms with Crippen molar-refractivity contribution in [2.75, 3.05) is 33.2 Å². The summed E-state index contributed by atoms with van der Waals surface area (Å²) in [6, 6.07) is 5.38. The SMILES string of the molecule is CC1CN(C)CCN1C(CN)c1cccc(Cl)c1F. The fourth-order valence-corrected chi connectivity index (χ4v) is 3.02. The van der Waals surface area contributed by atoms with E-state index in [1.54, 1.807) is 18.2 Å². The van der Waals surface area contributed by atoms with Gasteiger partial charge in [0.1, 0.15) is 5.82 Å². The Morgan fingerprint density at radius 3 is 2.84 bits per heavy atom. The lowest BCUT2D eigenvalue weighted by molar-refractivity contribution is 0.0622. The topological polar surface area (TPSA) is 32.5 Å². The Bertz CT molecular complexity index is 441. The summed E-state index contributed by atoms with van der Waals surface area (Å²) in [5.41, 5.74) is 6.49. The van der Waals surface area contributed by atoms with E-state index in [0.29, 0.717) is 18.2 Å². The van der Waals surface area contributed by atoms with Gasteiger partial charge in [-0.3, -0.25) is 4.90 Å². The van der Waals surface area contributed by atoms with E-state index >= 15 is 0 Å². The summed E-state index contributed by atoms with van der Waals surface area (Å²) in [5.74, 6) is -0.342. The van der Waals surface area contributed by atoms with Crippen molar-refractivity contribution in [2.45, 2.75) is 19.0 Å². The van der Waals surface area contributed by atoms with Crippen molar-refractivity contribution in [1.29, 1.82) is 0 Å². The van der Waals surface area contributed by atoms with Crippen molar-refractivity contribution in [3.8, 4) is 0 Å². The van der Waals surface area contributed by atoms with Gasteiger partial charge < -0.3 is 10.6 Å². The van der Waals surface area contributed by atoms with Crippen LogP contribution in [0.3, 0.4) is 0 Å². The van der Waals surface area contributed by atoms with Crippen molar-refractivity contribution in [3.63, 3.8) is 0 Å². The van der Waals surface area contributed by atoms with Crippen LogP contribution in [0.1, 0.15) is 18.5 Å². The number of benzene rings is 1. The standard InChI is InChI=1S/C14H21ClFN3/c1-10-9-18(2)6-7-19(10)13(8-17)11-4-3-5-12(15)14(11)16/h3-5,10,13H,6-9,17H2,1-2H3. The molecule has 1 saturated heterocycles. The third kappa shape index (κ3) is 3.08. The van der Waals surface area contributed by atoms with Crippen LogP contribution in [0.15, 0.2) is 18.2 Å². The molecule has 1 aliphatic heterocycles. The van der Waals surface area contributed by atoms with Crippen molar-refractivity contribution in [3.05, 3.63) is 34.6 Å². The summed E-state index contributed by atoms with van der Waals surface area (Å²) in [5, 5.41) is 0.165. The summed E-state index contributed by atoms with van der Waals surface area (Å²) in [6.07, 6.45) is 0. The van der Waals surface area contributed by atoms with Crippen molar-refractivity contribution in [1.82, 2.24) is 9.80 Å². The van der Waals surface area contributed by atoms with E-state index in [1.165, 1.54) is 0 Å². The van der Waals surface area contributed by atoms with Crippen LogP contribution in [0.4, 0.5) is 4.39 Å². The van der Waals surface area contributed by atoms with Crippen LogP contribution in [-0.4, -0.2) is 49.1 Å². The van der Waals surface area contributed by atoms with Crippen molar-refractivity contribution in [2.24, 2.45) is 5.73 Å². The van der Waals surface area contributed by atoms with Gasteiger partial charge in [-0.05, 0) is 20.0 Å². The quantitative estimate of drug-likeness (QED) is 0.923. The average Bonchev–Trinajstić information content (AvgIpc) is 2.37. The fraction of sp³-hybridized carbons (Fsp3) is 0.571. The van der Waals surface area contributed by atoms with Gasteiger partial charge in [0.05, 0.1) is 11.1 Å². The highest BCUT2D eigenvalue weighted by molar-refractivity contribution is 6.30. The number of hydrogen-bond donors (Lipinski definition) is 1. The Labute approximate surface area is 119 Å². The molecule has 0 aliphatic carbocycles. The molecule has 0 radical (unpaired) electrons. The highest BCUT2D eigenvalue weighted by Gasteiger charge is 2.30. The lowest BCUT2D eigenvalue weighted by Gasteiger charge is -2.42. The number of nitrogens with zero attached hydrogens (tertiary/aromatic N) is 2. The van der Waals surface area contributed by atoms with Gasteiger partial charge in [0, 0.05) is 37.8 Å². The van der Waals surface area contributed by atoms with Gasteiger partial charge in [0.25, 0.3) is 0 Å². The van der Waals surface area contributed by atoms with Gasteiger partial charge in [-0.15, -0.1) is 0 Å². The summed E-state index contributed by atoms with van der Waals surface area (Å²) < 4.78 is 14.2. The van der Waals surface area contributed by atoms with Crippen LogP contribution >= 0.6 is 11.6 Å². The molecule has 5 heteroatoms. The zero-order valence-corrected chi connectivity index (χ0v) is 12.2. The molecule has 19 heavy (non-hydrogen) atoms. The number of rotatable bonds is 3. The molecule has 2 unspecified atom stereocenters. The van der Waals surface area contributed by atoms with Crippen molar-refractivity contribution < 1.29 is 4.39 Å². The molecule has 1 aliphatic rings. The van der Waals surface area contributed by atoms with E-state index in [-0.39, 0.29) is 16.9 Å². The molecule has 1 heterocycles. The smallest absolute Gasteiger partial charge is 0.146 e. The molecule has 2 N–H and O–H groups in total. The zero-order chi connectivity index (χ0) is 14.0. The minimum absolute atomic E-state index is 0.109. The summed E-state index contributed by atoms with van der Waals surface area (Å²) in [6.45, 7) is 5.39. The molecule has 0 amide bonds. The van der Waals surface area contributed by atoms with E-state index in [0.717, 1.165) is 19.6 Å². The number of piperazine rings is 1. The largest absolute Gasteiger partial charge is 0.329 e. The lowest BCUT2D eigenvalue weighted by Crippen LogP contribution is -2.53. The fourth-order valence-electron chi connectivity index (χ4n) is 2.84. The van der Waals surface area contributed by atoms with Gasteiger partial charge in [0.2, 0.25) is 0 Å². The lowest BCUT2D eigenvalue weighted by atomic mass is 10.0. The number of likely N-dealkylation sites (N-methyl/N-ethyl adjacent to an activating group) is 1. The Kier molecular flexibility index (Phi) is 4.79. The number of hydrogen-bond acceptors (Lipinski definition) is 3. The number of halogens is 2. The second-order valence-electron chi connectivity index (χ2n) is 5.24. The van der Waals surface area contributed by atoms with Gasteiger partial charge >= 0.3 is 0 Å². The molecule has 0 saturated carbocycles. The maximum atomic E-state index is 14.2. The van der Waals surface area contributed by atoms with Crippen LogP contribution in [0.25, 0.3) is 0 Å². The Balaban J connectivity index is 2.27. The third-order valence-electron chi connectivity index (χ3n) is 3.85. The minimum atomic E-state index is -0.342. The van der Waals surface area contributed by atoms with E-state index in [9.17, 15) is 4.39 Å². The van der Waals surface area contributed by atoms with Gasteiger partial charge in [-0.2, -0.15) is 0 Å². The Hall–Kier alpha value is -0.680. The number of nitrogens with two attached hydrogens (primary N) is 1. The predicted molar refractivity (Wildman–Crippen MR) is 76.9 cm³/mol. The second kappa shape index (κ2) is 6.18.